The van der Waals surface area contributed by atoms with Crippen LogP contribution in [-0.2, 0) is 6.42 Å². The second kappa shape index (κ2) is 6.67. The maximum absolute atomic E-state index is 10.1. The minimum Gasteiger partial charge on any atom is -0.472 e. The molecule has 0 spiro atoms. The number of hydrogen-bond donors (Lipinski definition) is 1. The van der Waals surface area contributed by atoms with Crippen LogP contribution < -0.4 is 0 Å². The van der Waals surface area contributed by atoms with E-state index < -0.39 is 0 Å². The van der Waals surface area contributed by atoms with Crippen molar-refractivity contribution in [1.29, 1.82) is 0 Å². The largest absolute Gasteiger partial charge is 0.472 e. The molecule has 0 aliphatic heterocycles. The fraction of sp³-hybridized carbons (Fsp3) is 0.692. The van der Waals surface area contributed by atoms with Crippen LogP contribution in [0.4, 0.5) is 0 Å². The van der Waals surface area contributed by atoms with Gasteiger partial charge in [0.15, 0.2) is 0 Å². The van der Waals surface area contributed by atoms with Crippen molar-refractivity contribution in [3.8, 4) is 0 Å². The summed E-state index contributed by atoms with van der Waals surface area (Å²) in [4.78, 5) is 0. The monoisotopic (exact) mass is 210 g/mol. The van der Waals surface area contributed by atoms with Gasteiger partial charge in [-0.3, -0.25) is 0 Å². The van der Waals surface area contributed by atoms with E-state index in [-0.39, 0.29) is 6.10 Å². The summed E-state index contributed by atoms with van der Waals surface area (Å²) in [7, 11) is 0. The topological polar surface area (TPSA) is 33.4 Å². The van der Waals surface area contributed by atoms with Crippen LogP contribution in [0.15, 0.2) is 23.0 Å². The molecule has 0 saturated carbocycles. The zero-order valence-corrected chi connectivity index (χ0v) is 9.78. The molecule has 0 radical (unpaired) electrons. The molecule has 86 valence electrons. The minimum absolute atomic E-state index is 0.220. The first-order chi connectivity index (χ1) is 7.27. The van der Waals surface area contributed by atoms with Crippen molar-refractivity contribution < 1.29 is 9.52 Å². The predicted molar refractivity (Wildman–Crippen MR) is 61.7 cm³/mol. The van der Waals surface area contributed by atoms with Gasteiger partial charge in [0.25, 0.3) is 0 Å². The SMILES string of the molecule is CCCC(CCC)C(O)Cc1ccoc1. The van der Waals surface area contributed by atoms with Crippen molar-refractivity contribution in [3.05, 3.63) is 24.2 Å². The molecule has 1 unspecified atom stereocenters. The van der Waals surface area contributed by atoms with Crippen LogP contribution in [0.2, 0.25) is 0 Å². The van der Waals surface area contributed by atoms with E-state index in [1.54, 1.807) is 12.5 Å². The summed E-state index contributed by atoms with van der Waals surface area (Å²) in [5.41, 5.74) is 1.10. The first-order valence-corrected chi connectivity index (χ1v) is 5.97. The molecule has 1 aromatic rings. The van der Waals surface area contributed by atoms with Crippen LogP contribution in [-0.4, -0.2) is 11.2 Å². The quantitative estimate of drug-likeness (QED) is 0.748. The third-order valence-electron chi connectivity index (χ3n) is 2.89. The Hall–Kier alpha value is -0.760. The molecule has 0 bridgehead atoms. The zero-order chi connectivity index (χ0) is 11.1. The van der Waals surface area contributed by atoms with Crippen LogP contribution in [0, 0.1) is 5.92 Å². The Kier molecular flexibility index (Phi) is 5.48. The average Bonchev–Trinajstić information content (AvgIpc) is 2.70. The van der Waals surface area contributed by atoms with Gasteiger partial charge >= 0.3 is 0 Å². The number of rotatable bonds is 7. The molecule has 15 heavy (non-hydrogen) atoms. The van der Waals surface area contributed by atoms with Crippen molar-refractivity contribution in [1.82, 2.24) is 0 Å². The fourth-order valence-corrected chi connectivity index (χ4v) is 2.09. The summed E-state index contributed by atoms with van der Waals surface area (Å²) in [6.07, 6.45) is 8.41. The highest BCUT2D eigenvalue weighted by Crippen LogP contribution is 2.20. The summed E-state index contributed by atoms with van der Waals surface area (Å²) >= 11 is 0. The number of hydrogen-bond acceptors (Lipinski definition) is 2. The van der Waals surface area contributed by atoms with Gasteiger partial charge in [-0.1, -0.05) is 26.7 Å². The second-order valence-electron chi connectivity index (χ2n) is 4.24. The van der Waals surface area contributed by atoms with Crippen molar-refractivity contribution in [3.63, 3.8) is 0 Å². The Morgan fingerprint density at radius 1 is 1.27 bits per heavy atom. The van der Waals surface area contributed by atoms with Gasteiger partial charge in [-0.2, -0.15) is 0 Å². The molecular weight excluding hydrogens is 188 g/mol. The minimum atomic E-state index is -0.220. The van der Waals surface area contributed by atoms with Gasteiger partial charge in [0.2, 0.25) is 0 Å². The summed E-state index contributed by atoms with van der Waals surface area (Å²) in [5, 5.41) is 10.1. The van der Waals surface area contributed by atoms with Gasteiger partial charge in [-0.15, -0.1) is 0 Å². The average molecular weight is 210 g/mol. The summed E-state index contributed by atoms with van der Waals surface area (Å²) in [6, 6.07) is 1.93. The first kappa shape index (κ1) is 12.3. The van der Waals surface area contributed by atoms with E-state index in [9.17, 15) is 5.11 Å². The molecule has 1 atom stereocenters. The van der Waals surface area contributed by atoms with Crippen molar-refractivity contribution in [2.75, 3.05) is 0 Å². The van der Waals surface area contributed by atoms with Gasteiger partial charge in [0, 0.05) is 6.42 Å². The Morgan fingerprint density at radius 3 is 2.40 bits per heavy atom. The molecule has 2 heteroatoms. The third-order valence-corrected chi connectivity index (χ3v) is 2.89. The predicted octanol–water partition coefficient (Wildman–Crippen LogP) is 3.40. The van der Waals surface area contributed by atoms with E-state index in [1.807, 2.05) is 6.07 Å². The van der Waals surface area contributed by atoms with Crippen molar-refractivity contribution >= 4 is 0 Å². The lowest BCUT2D eigenvalue weighted by Crippen LogP contribution is -2.22. The Balaban J connectivity index is 2.44. The highest BCUT2D eigenvalue weighted by atomic mass is 16.3. The molecule has 1 aromatic heterocycles. The molecule has 0 aliphatic rings. The molecule has 0 fully saturated rings. The Bertz CT molecular complexity index is 235. The fourth-order valence-electron chi connectivity index (χ4n) is 2.09. The highest BCUT2D eigenvalue weighted by molar-refractivity contribution is 5.06. The van der Waals surface area contributed by atoms with Gasteiger partial charge in [0.05, 0.1) is 18.6 Å². The lowest BCUT2D eigenvalue weighted by molar-refractivity contribution is 0.0962. The molecule has 1 heterocycles. The van der Waals surface area contributed by atoms with Gasteiger partial charge < -0.3 is 9.52 Å². The van der Waals surface area contributed by atoms with Crippen LogP contribution in [0.3, 0.4) is 0 Å². The summed E-state index contributed by atoms with van der Waals surface area (Å²) in [5.74, 6) is 0.440. The lowest BCUT2D eigenvalue weighted by atomic mass is 9.89. The van der Waals surface area contributed by atoms with Crippen LogP contribution in [0.25, 0.3) is 0 Å². The number of aliphatic hydroxyl groups excluding tert-OH is 1. The molecule has 0 saturated heterocycles. The van der Waals surface area contributed by atoms with Crippen LogP contribution in [0.1, 0.15) is 45.1 Å². The van der Waals surface area contributed by atoms with E-state index in [2.05, 4.69) is 13.8 Å². The lowest BCUT2D eigenvalue weighted by Gasteiger charge is -2.21. The van der Waals surface area contributed by atoms with Gasteiger partial charge in [-0.25, -0.2) is 0 Å². The van der Waals surface area contributed by atoms with Crippen LogP contribution in [0.5, 0.6) is 0 Å². The second-order valence-corrected chi connectivity index (χ2v) is 4.24. The highest BCUT2D eigenvalue weighted by Gasteiger charge is 2.18. The molecule has 0 aliphatic carbocycles. The number of furan rings is 1. The standard InChI is InChI=1S/C13H22O2/c1-3-5-12(6-4-2)13(14)9-11-7-8-15-10-11/h7-8,10,12-14H,3-6,9H2,1-2H3. The molecule has 1 N–H and O–H groups in total. The van der Waals surface area contributed by atoms with Crippen molar-refractivity contribution in [2.45, 2.75) is 52.1 Å². The third kappa shape index (κ3) is 4.08. The summed E-state index contributed by atoms with van der Waals surface area (Å²) < 4.78 is 5.00. The molecular formula is C13H22O2. The maximum Gasteiger partial charge on any atom is 0.0935 e. The molecule has 0 aromatic carbocycles. The van der Waals surface area contributed by atoms with Gasteiger partial charge in [0.1, 0.15) is 0 Å². The first-order valence-electron chi connectivity index (χ1n) is 5.97. The van der Waals surface area contributed by atoms with E-state index in [0.717, 1.165) is 37.7 Å². The smallest absolute Gasteiger partial charge is 0.0935 e. The van der Waals surface area contributed by atoms with E-state index >= 15 is 0 Å². The van der Waals surface area contributed by atoms with Gasteiger partial charge in [-0.05, 0) is 30.4 Å². The van der Waals surface area contributed by atoms with E-state index in [1.165, 1.54) is 0 Å². The van der Waals surface area contributed by atoms with Crippen LogP contribution >= 0.6 is 0 Å². The zero-order valence-electron chi connectivity index (χ0n) is 9.78. The Labute approximate surface area is 92.3 Å². The molecule has 2 nitrogen and oxygen atoms in total. The normalized spacial score (nSPS) is 13.3. The van der Waals surface area contributed by atoms with E-state index in [0.29, 0.717) is 5.92 Å². The maximum atomic E-state index is 10.1. The van der Waals surface area contributed by atoms with E-state index in [4.69, 9.17) is 4.42 Å². The van der Waals surface area contributed by atoms with Crippen molar-refractivity contribution in [2.24, 2.45) is 5.92 Å². The number of aliphatic hydroxyl groups is 1. The summed E-state index contributed by atoms with van der Waals surface area (Å²) in [6.45, 7) is 4.35. The molecule has 1 rings (SSSR count). The molecule has 0 amide bonds. The Morgan fingerprint density at radius 2 is 1.93 bits per heavy atom.